The van der Waals surface area contributed by atoms with Crippen molar-refractivity contribution in [2.75, 3.05) is 18.9 Å². The predicted octanol–water partition coefficient (Wildman–Crippen LogP) is 4.63. The first-order valence-corrected chi connectivity index (χ1v) is 11.7. The van der Waals surface area contributed by atoms with Crippen LogP contribution in [-0.2, 0) is 6.54 Å². The number of anilines is 1. The minimum atomic E-state index is -0.252. The van der Waals surface area contributed by atoms with Gasteiger partial charge in [0.1, 0.15) is 5.82 Å². The van der Waals surface area contributed by atoms with E-state index >= 15 is 0 Å². The molecule has 2 N–H and O–H groups in total. The summed E-state index contributed by atoms with van der Waals surface area (Å²) < 4.78 is 2.05. The molecule has 0 unspecified atom stereocenters. The number of nitrogens with zero attached hydrogens (tertiary/aromatic N) is 4. The summed E-state index contributed by atoms with van der Waals surface area (Å²) in [5.41, 5.74) is 3.85. The molecule has 1 aliphatic heterocycles. The molecule has 2 heterocycles. The van der Waals surface area contributed by atoms with E-state index in [0.717, 1.165) is 41.2 Å². The lowest BCUT2D eigenvalue weighted by atomic mass is 10.0. The highest BCUT2D eigenvalue weighted by Gasteiger charge is 2.34. The Kier molecular flexibility index (Phi) is 6.88. The fourth-order valence-electron chi connectivity index (χ4n) is 4.52. The summed E-state index contributed by atoms with van der Waals surface area (Å²) in [6.45, 7) is 6.93. The minimum Gasteiger partial charge on any atom is -0.355 e. The van der Waals surface area contributed by atoms with E-state index in [1.54, 1.807) is 18.0 Å². The molecule has 1 atom stereocenters. The van der Waals surface area contributed by atoms with Crippen LogP contribution in [0.5, 0.6) is 0 Å². The molecular formula is C25H29ClN6O2. The summed E-state index contributed by atoms with van der Waals surface area (Å²) in [7, 11) is 1.58. The molecular weight excluding hydrogens is 452 g/mol. The Balaban J connectivity index is 1.60. The van der Waals surface area contributed by atoms with Gasteiger partial charge in [-0.3, -0.25) is 4.79 Å². The molecule has 1 aromatic heterocycles. The van der Waals surface area contributed by atoms with Crippen molar-refractivity contribution in [3.63, 3.8) is 0 Å². The number of aromatic nitrogens is 3. The van der Waals surface area contributed by atoms with Gasteiger partial charge in [0.25, 0.3) is 5.91 Å². The lowest BCUT2D eigenvalue weighted by molar-refractivity contribution is 0.0964. The van der Waals surface area contributed by atoms with Crippen LogP contribution in [0.1, 0.15) is 57.6 Å². The van der Waals surface area contributed by atoms with E-state index in [1.165, 1.54) is 0 Å². The van der Waals surface area contributed by atoms with E-state index in [1.807, 2.05) is 55.7 Å². The average molecular weight is 481 g/mol. The van der Waals surface area contributed by atoms with Gasteiger partial charge in [-0.2, -0.15) is 0 Å². The number of urea groups is 1. The van der Waals surface area contributed by atoms with Gasteiger partial charge in [-0.05, 0) is 68.5 Å². The summed E-state index contributed by atoms with van der Waals surface area (Å²) in [4.78, 5) is 27.7. The molecule has 0 saturated carbocycles. The fourth-order valence-corrected chi connectivity index (χ4v) is 4.64. The summed E-state index contributed by atoms with van der Waals surface area (Å²) in [5, 5.41) is 15.1. The molecule has 1 saturated heterocycles. The maximum atomic E-state index is 13.4. The first-order chi connectivity index (χ1) is 16.3. The Bertz CT molecular complexity index is 1220. The van der Waals surface area contributed by atoms with Crippen LogP contribution in [0.4, 0.5) is 10.5 Å². The second-order valence-electron chi connectivity index (χ2n) is 8.68. The van der Waals surface area contributed by atoms with E-state index in [9.17, 15) is 9.59 Å². The van der Waals surface area contributed by atoms with Crippen molar-refractivity contribution < 1.29 is 9.59 Å². The number of benzene rings is 2. The molecule has 0 bridgehead atoms. The van der Waals surface area contributed by atoms with Crippen molar-refractivity contribution in [3.8, 4) is 0 Å². The lowest BCUT2D eigenvalue weighted by Crippen LogP contribution is -2.36. The van der Waals surface area contributed by atoms with Crippen LogP contribution in [0.2, 0.25) is 5.02 Å². The van der Waals surface area contributed by atoms with E-state index in [-0.39, 0.29) is 18.0 Å². The van der Waals surface area contributed by atoms with Crippen molar-refractivity contribution in [2.45, 2.75) is 46.2 Å². The SMILES string of the molecule is CNC(=O)c1cc(C)cc(C)c1NC(=O)N1CCC[C@@H]1c1nnc(C)n1Cc1ccc(Cl)cc1. The standard InChI is InChI=1S/C25H29ClN6O2/c1-15-12-16(2)22(20(13-15)24(33)27-4)28-25(34)31-11-5-6-21(31)23-30-29-17(3)32(23)14-18-7-9-19(26)10-8-18/h7-10,12-13,21H,5-6,11,14H2,1-4H3,(H,27,33)(H,28,34)/t21-/m1/s1. The highest BCUT2D eigenvalue weighted by molar-refractivity contribution is 6.30. The number of carbonyl (C=O) groups is 2. The van der Waals surface area contributed by atoms with Crippen LogP contribution in [0.25, 0.3) is 0 Å². The van der Waals surface area contributed by atoms with Crippen molar-refractivity contribution >= 4 is 29.2 Å². The van der Waals surface area contributed by atoms with Gasteiger partial charge in [0.15, 0.2) is 5.82 Å². The van der Waals surface area contributed by atoms with Crippen molar-refractivity contribution in [2.24, 2.45) is 0 Å². The second-order valence-corrected chi connectivity index (χ2v) is 9.12. The summed E-state index contributed by atoms with van der Waals surface area (Å²) in [6.07, 6.45) is 1.65. The van der Waals surface area contributed by atoms with Crippen LogP contribution >= 0.6 is 11.6 Å². The number of halogens is 1. The van der Waals surface area contributed by atoms with E-state index in [2.05, 4.69) is 20.8 Å². The maximum absolute atomic E-state index is 13.4. The summed E-state index contributed by atoms with van der Waals surface area (Å²) in [5.74, 6) is 1.30. The number of amides is 3. The summed E-state index contributed by atoms with van der Waals surface area (Å²) >= 11 is 6.03. The van der Waals surface area contributed by atoms with Gasteiger partial charge in [0, 0.05) is 18.6 Å². The molecule has 34 heavy (non-hydrogen) atoms. The molecule has 8 nitrogen and oxygen atoms in total. The topological polar surface area (TPSA) is 92.2 Å². The molecule has 2 aromatic carbocycles. The smallest absolute Gasteiger partial charge is 0.322 e. The number of aryl methyl sites for hydroxylation is 3. The molecule has 9 heteroatoms. The molecule has 0 radical (unpaired) electrons. The molecule has 1 fully saturated rings. The quantitative estimate of drug-likeness (QED) is 0.556. The molecule has 3 aromatic rings. The largest absolute Gasteiger partial charge is 0.355 e. The Hall–Kier alpha value is -3.39. The third-order valence-corrected chi connectivity index (χ3v) is 6.47. The molecule has 3 amide bonds. The van der Waals surface area contributed by atoms with Gasteiger partial charge < -0.3 is 20.1 Å². The van der Waals surface area contributed by atoms with Crippen LogP contribution in [0.15, 0.2) is 36.4 Å². The van der Waals surface area contributed by atoms with Crippen LogP contribution in [0.3, 0.4) is 0 Å². The van der Waals surface area contributed by atoms with Gasteiger partial charge >= 0.3 is 6.03 Å². The molecule has 4 rings (SSSR count). The predicted molar refractivity (Wildman–Crippen MR) is 132 cm³/mol. The normalized spacial score (nSPS) is 15.4. The highest BCUT2D eigenvalue weighted by Crippen LogP contribution is 2.33. The fraction of sp³-hybridized carbons (Fsp3) is 0.360. The van der Waals surface area contributed by atoms with E-state index in [0.29, 0.717) is 29.4 Å². The Morgan fingerprint density at radius 2 is 1.85 bits per heavy atom. The number of carbonyl (C=O) groups excluding carboxylic acids is 2. The Morgan fingerprint density at radius 3 is 2.56 bits per heavy atom. The minimum absolute atomic E-state index is 0.206. The van der Waals surface area contributed by atoms with E-state index < -0.39 is 0 Å². The zero-order valence-corrected chi connectivity index (χ0v) is 20.6. The van der Waals surface area contributed by atoms with Crippen LogP contribution in [0, 0.1) is 20.8 Å². The number of likely N-dealkylation sites (tertiary alicyclic amines) is 1. The third-order valence-electron chi connectivity index (χ3n) is 6.21. The first-order valence-electron chi connectivity index (χ1n) is 11.3. The zero-order chi connectivity index (χ0) is 24.4. The molecule has 1 aliphatic rings. The van der Waals surface area contributed by atoms with Crippen LogP contribution in [-0.4, -0.2) is 45.2 Å². The molecule has 0 spiro atoms. The zero-order valence-electron chi connectivity index (χ0n) is 19.9. The first kappa shape index (κ1) is 23.8. The Morgan fingerprint density at radius 1 is 1.12 bits per heavy atom. The molecule has 0 aliphatic carbocycles. The van der Waals surface area contributed by atoms with Crippen LogP contribution < -0.4 is 10.6 Å². The monoisotopic (exact) mass is 480 g/mol. The maximum Gasteiger partial charge on any atom is 0.322 e. The average Bonchev–Trinajstić information content (AvgIpc) is 3.43. The number of hydrogen-bond acceptors (Lipinski definition) is 4. The number of hydrogen-bond donors (Lipinski definition) is 2. The van der Waals surface area contributed by atoms with Gasteiger partial charge in [0.05, 0.1) is 23.8 Å². The lowest BCUT2D eigenvalue weighted by Gasteiger charge is -2.26. The number of rotatable bonds is 5. The van der Waals surface area contributed by atoms with Crippen molar-refractivity contribution in [1.82, 2.24) is 25.0 Å². The third kappa shape index (κ3) is 4.77. The molecule has 178 valence electrons. The summed E-state index contributed by atoms with van der Waals surface area (Å²) in [6, 6.07) is 11.0. The van der Waals surface area contributed by atoms with Crippen molar-refractivity contribution in [1.29, 1.82) is 0 Å². The van der Waals surface area contributed by atoms with Gasteiger partial charge in [0.2, 0.25) is 0 Å². The van der Waals surface area contributed by atoms with E-state index in [4.69, 9.17) is 11.6 Å². The van der Waals surface area contributed by atoms with Gasteiger partial charge in [-0.1, -0.05) is 29.8 Å². The Labute approximate surface area is 204 Å². The number of nitrogens with one attached hydrogen (secondary N) is 2. The highest BCUT2D eigenvalue weighted by atomic mass is 35.5. The second kappa shape index (κ2) is 9.85. The van der Waals surface area contributed by atoms with Crippen molar-refractivity contribution in [3.05, 3.63) is 75.3 Å². The van der Waals surface area contributed by atoms with Gasteiger partial charge in [-0.25, -0.2) is 4.79 Å². The van der Waals surface area contributed by atoms with Gasteiger partial charge in [-0.15, -0.1) is 10.2 Å².